The molecule has 126 heavy (non-hydrogen) atoms. The van der Waals surface area contributed by atoms with Crippen LogP contribution in [0.15, 0.2) is 531 Å². The molecule has 0 spiro atoms. The van der Waals surface area contributed by atoms with Crippen molar-refractivity contribution in [3.63, 3.8) is 0 Å². The Bertz CT molecular complexity index is 7280. The summed E-state index contributed by atoms with van der Waals surface area (Å²) < 4.78 is 13.3. The summed E-state index contributed by atoms with van der Waals surface area (Å²) in [6.07, 6.45) is 0. The Balaban J connectivity index is 0.000000154. The molecule has 0 amide bonds. The first-order valence-electron chi connectivity index (χ1n) is 43.2. The highest BCUT2D eigenvalue weighted by Gasteiger charge is 2.43. The highest BCUT2D eigenvalue weighted by atomic mass is 28.3. The van der Waals surface area contributed by atoms with E-state index in [2.05, 4.69) is 507 Å². The van der Waals surface area contributed by atoms with Gasteiger partial charge in [0.25, 0.3) is 0 Å². The molecule has 2 aromatic heterocycles. The van der Waals surface area contributed by atoms with E-state index in [-0.39, 0.29) is 0 Å². The van der Waals surface area contributed by atoms with Crippen LogP contribution in [-0.2, 0) is 0 Å². The van der Waals surface area contributed by atoms with Gasteiger partial charge in [-0.25, -0.2) is 0 Å². The summed E-state index contributed by atoms with van der Waals surface area (Å²) in [5, 5.41) is 15.3. The summed E-state index contributed by atoms with van der Waals surface area (Å²) in [6, 6.07) is 189. The van der Waals surface area contributed by atoms with Crippen molar-refractivity contribution < 1.29 is 8.83 Å². The van der Waals surface area contributed by atoms with Crippen molar-refractivity contribution in [1.29, 1.82) is 0 Å². The van der Waals surface area contributed by atoms with Gasteiger partial charge in [0.1, 0.15) is 11.2 Å². The molecule has 0 saturated heterocycles. The van der Waals surface area contributed by atoms with Crippen LogP contribution in [0, 0.1) is 0 Å². The van der Waals surface area contributed by atoms with Gasteiger partial charge in [-0.15, -0.1) is 0 Å². The maximum atomic E-state index is 6.64. The molecule has 22 rings (SSSR count). The molecule has 0 saturated carbocycles. The second kappa shape index (κ2) is 34.5. The highest BCUT2D eigenvalue weighted by Crippen LogP contribution is 2.46. The molecule has 596 valence electrons. The number of benzene rings is 20. The zero-order chi connectivity index (χ0) is 84.0. The van der Waals surface area contributed by atoms with Gasteiger partial charge < -0.3 is 18.6 Å². The lowest BCUT2D eigenvalue weighted by Crippen LogP contribution is -2.74. The van der Waals surface area contributed by atoms with Gasteiger partial charge in [0.15, 0.2) is 27.3 Å². The SMILES string of the molecule is c1ccc(-c2ccc(-c3ccc(N(c4ccc(-c5ccc([Si](c6ccccc6)(c6ccccc6)c6ccccc6)cc5)cc4)c4cccc5c4oc4ccccc45)cc3)cc2)cc1.c1ccc(-c2cccc(-c3ccc(N(c4ccc(-c5ccc([Si](c6ccccc6)(c6ccccc6)c6ccccc6)cc5)cc4)c4cccc5c4oc4ccccc45)cc3)c2)cc1. The minimum atomic E-state index is -2.62. The van der Waals surface area contributed by atoms with Gasteiger partial charge in [0.2, 0.25) is 0 Å². The molecule has 4 nitrogen and oxygen atoms in total. The van der Waals surface area contributed by atoms with E-state index >= 15 is 0 Å². The van der Waals surface area contributed by atoms with Gasteiger partial charge in [-0.05, 0) is 187 Å². The van der Waals surface area contributed by atoms with Crippen LogP contribution < -0.4 is 51.3 Å². The smallest absolute Gasteiger partial charge is 0.179 e. The average molecular weight is 1640 g/mol. The van der Waals surface area contributed by atoms with Crippen LogP contribution >= 0.6 is 0 Å². The van der Waals surface area contributed by atoms with Gasteiger partial charge in [0, 0.05) is 44.3 Å². The molecule has 6 heteroatoms. The number of hydrogen-bond acceptors (Lipinski definition) is 4. The normalized spacial score (nSPS) is 11.5. The van der Waals surface area contributed by atoms with Crippen molar-refractivity contribution >= 4 is 136 Å². The number of anilines is 6. The number of hydrogen-bond donors (Lipinski definition) is 0. The van der Waals surface area contributed by atoms with Crippen molar-refractivity contribution in [1.82, 2.24) is 0 Å². The standard InChI is InChI=1S/2C60H43NOSi/c1-5-17-44(18-6-1)48-19-15-20-49(43-48)47-33-39-51(40-34-47)61(58-29-16-28-57-56-27-13-14-30-59(56)62-60(57)58)50-37-31-45(32-38-50)46-35-41-55(42-36-46)63(52-21-7-2-8-22-52,53-23-9-3-10-24-53)54-25-11-4-12-26-54;1-5-16-44(17-6-1)45-28-30-46(31-29-45)47-32-38-50(39-33-47)61(58-26-15-25-57-56-24-13-14-27-59(56)62-60(57)58)51-40-34-48(35-41-51)49-36-42-55(43-37-49)63(52-18-7-2-8-19-52,53-20-9-3-10-21-53)54-22-11-4-12-23-54/h2*1-43H. The minimum absolute atomic E-state index is 0.862. The van der Waals surface area contributed by atoms with Crippen molar-refractivity contribution in [2.24, 2.45) is 0 Å². The summed E-state index contributed by atoms with van der Waals surface area (Å²) in [4.78, 5) is 4.64. The Morgan fingerprint density at radius 1 is 0.143 bits per heavy atom. The molecule has 0 aliphatic heterocycles. The Labute approximate surface area is 737 Å². The number of furan rings is 2. The lowest BCUT2D eigenvalue weighted by atomic mass is 9.99. The third kappa shape index (κ3) is 14.7. The fraction of sp³-hybridized carbons (Fsp3) is 0. The maximum Gasteiger partial charge on any atom is 0.179 e. The highest BCUT2D eigenvalue weighted by molar-refractivity contribution is 7.20. The fourth-order valence-corrected chi connectivity index (χ4v) is 28.3. The van der Waals surface area contributed by atoms with E-state index in [9.17, 15) is 0 Å². The van der Waals surface area contributed by atoms with Crippen LogP contribution in [0.25, 0.3) is 111 Å². The predicted octanol–water partition coefficient (Wildman–Crippen LogP) is 26.9. The molecule has 22 aromatic rings. The largest absolute Gasteiger partial charge is 0.454 e. The number of nitrogens with zero attached hydrogens (tertiary/aromatic N) is 2. The Kier molecular flexibility index (Phi) is 21.2. The molecule has 2 heterocycles. The van der Waals surface area contributed by atoms with Gasteiger partial charge in [-0.1, -0.05) is 443 Å². The molecule has 0 aliphatic rings. The Morgan fingerprint density at radius 2 is 0.333 bits per heavy atom. The molecule has 0 fully saturated rings. The summed E-state index contributed by atoms with van der Waals surface area (Å²) in [7, 11) is -5.23. The summed E-state index contributed by atoms with van der Waals surface area (Å²) in [5.74, 6) is 0. The Morgan fingerprint density at radius 3 is 0.619 bits per heavy atom. The summed E-state index contributed by atoms with van der Waals surface area (Å²) >= 11 is 0. The van der Waals surface area contributed by atoms with Crippen LogP contribution in [0.5, 0.6) is 0 Å². The molecule has 0 unspecified atom stereocenters. The molecule has 0 N–H and O–H groups in total. The zero-order valence-electron chi connectivity index (χ0n) is 69.4. The minimum Gasteiger partial charge on any atom is -0.454 e. The molecule has 0 radical (unpaired) electrons. The third-order valence-electron chi connectivity index (χ3n) is 24.9. The Hall–Kier alpha value is -16.0. The lowest BCUT2D eigenvalue weighted by molar-refractivity contribution is 0.668. The second-order valence-corrected chi connectivity index (χ2v) is 39.7. The van der Waals surface area contributed by atoms with Crippen LogP contribution in [0.3, 0.4) is 0 Å². The van der Waals surface area contributed by atoms with E-state index < -0.39 is 16.1 Å². The van der Waals surface area contributed by atoms with E-state index in [0.717, 1.165) is 100 Å². The van der Waals surface area contributed by atoms with Crippen LogP contribution in [0.4, 0.5) is 34.1 Å². The molecule has 0 bridgehead atoms. The van der Waals surface area contributed by atoms with Crippen molar-refractivity contribution in [2.75, 3.05) is 9.80 Å². The van der Waals surface area contributed by atoms with E-state index in [0.29, 0.717) is 0 Å². The van der Waals surface area contributed by atoms with Crippen LogP contribution in [0.1, 0.15) is 0 Å². The van der Waals surface area contributed by atoms with Crippen LogP contribution in [0.2, 0.25) is 0 Å². The molecular weight excluding hydrogens is 1560 g/mol. The van der Waals surface area contributed by atoms with E-state index in [4.69, 9.17) is 8.83 Å². The van der Waals surface area contributed by atoms with Crippen molar-refractivity contribution in [2.45, 2.75) is 0 Å². The first-order chi connectivity index (χ1) is 62.5. The fourth-order valence-electron chi connectivity index (χ4n) is 18.8. The van der Waals surface area contributed by atoms with Gasteiger partial charge >= 0.3 is 0 Å². The second-order valence-electron chi connectivity index (χ2n) is 32.1. The summed E-state index contributed by atoms with van der Waals surface area (Å²) in [6.45, 7) is 0. The van der Waals surface area contributed by atoms with Crippen molar-refractivity contribution in [3.8, 4) is 66.8 Å². The molecule has 0 atom stereocenters. The number of fused-ring (bicyclic) bond motifs is 6. The van der Waals surface area contributed by atoms with Gasteiger partial charge in [0.05, 0.1) is 11.4 Å². The van der Waals surface area contributed by atoms with E-state index in [1.165, 1.54) is 86.0 Å². The molecule has 20 aromatic carbocycles. The quantitative estimate of drug-likeness (QED) is 0.0562. The van der Waals surface area contributed by atoms with Crippen LogP contribution in [-0.4, -0.2) is 16.1 Å². The van der Waals surface area contributed by atoms with E-state index in [1.54, 1.807) is 0 Å². The maximum absolute atomic E-state index is 6.64. The molecular formula is C120H86N2O2Si2. The van der Waals surface area contributed by atoms with E-state index in [1.807, 2.05) is 24.3 Å². The lowest BCUT2D eigenvalue weighted by Gasteiger charge is -2.34. The van der Waals surface area contributed by atoms with Gasteiger partial charge in [-0.3, -0.25) is 0 Å². The topological polar surface area (TPSA) is 32.8 Å². The number of rotatable bonds is 20. The summed E-state index contributed by atoms with van der Waals surface area (Å²) in [5.41, 5.74) is 23.9. The number of para-hydroxylation sites is 4. The monoisotopic (exact) mass is 1640 g/mol. The van der Waals surface area contributed by atoms with Crippen molar-refractivity contribution in [3.05, 3.63) is 522 Å². The predicted molar refractivity (Wildman–Crippen MR) is 537 cm³/mol. The first-order valence-corrected chi connectivity index (χ1v) is 47.2. The zero-order valence-corrected chi connectivity index (χ0v) is 71.4. The first kappa shape index (κ1) is 77.4. The average Bonchev–Trinajstić information content (AvgIpc) is 1.09. The molecule has 0 aliphatic carbocycles. The third-order valence-corrected chi connectivity index (χ3v) is 34.5. The van der Waals surface area contributed by atoms with Gasteiger partial charge in [-0.2, -0.15) is 0 Å².